The molecule has 2 aromatic rings. The van der Waals surface area contributed by atoms with E-state index in [1.165, 1.54) is 11.3 Å². The number of piperazine rings is 1. The third-order valence-corrected chi connectivity index (χ3v) is 5.73. The van der Waals surface area contributed by atoms with Crippen LogP contribution in [0.3, 0.4) is 0 Å². The Kier molecular flexibility index (Phi) is 7.29. The second-order valence-corrected chi connectivity index (χ2v) is 8.35. The van der Waals surface area contributed by atoms with E-state index in [2.05, 4.69) is 76.2 Å². The Morgan fingerprint density at radius 1 is 0.966 bits per heavy atom. The third-order valence-electron chi connectivity index (χ3n) is 5.73. The fourth-order valence-corrected chi connectivity index (χ4v) is 3.85. The second kappa shape index (κ2) is 9.90. The van der Waals surface area contributed by atoms with Crippen LogP contribution in [0.5, 0.6) is 0 Å². The summed E-state index contributed by atoms with van der Waals surface area (Å²) in [6.07, 6.45) is 0. The molecule has 1 atom stereocenters. The minimum absolute atomic E-state index is 0.185. The summed E-state index contributed by atoms with van der Waals surface area (Å²) in [4.78, 5) is 21.5. The van der Waals surface area contributed by atoms with Crippen molar-refractivity contribution in [1.29, 1.82) is 0 Å². The number of amides is 1. The van der Waals surface area contributed by atoms with Crippen LogP contribution in [0.4, 0.5) is 5.69 Å². The largest absolute Gasteiger partial charge is 0.378 e. The van der Waals surface area contributed by atoms with E-state index in [0.29, 0.717) is 19.1 Å². The van der Waals surface area contributed by atoms with Crippen molar-refractivity contribution < 1.29 is 4.79 Å². The number of rotatable bonds is 7. The number of carbonyl (C=O) groups is 1. The number of hydrogen-bond acceptors (Lipinski definition) is 4. The van der Waals surface area contributed by atoms with Gasteiger partial charge in [-0.3, -0.25) is 14.6 Å². The van der Waals surface area contributed by atoms with Crippen LogP contribution in [-0.4, -0.2) is 74.0 Å². The van der Waals surface area contributed by atoms with Gasteiger partial charge in [-0.15, -0.1) is 0 Å². The maximum atomic E-state index is 12.8. The Labute approximate surface area is 175 Å². The Hall–Kier alpha value is -2.37. The maximum absolute atomic E-state index is 12.8. The summed E-state index contributed by atoms with van der Waals surface area (Å²) in [5.74, 6) is 0.185. The quantitative estimate of drug-likeness (QED) is 0.722. The molecule has 0 bridgehead atoms. The minimum atomic E-state index is 0.185. The zero-order chi connectivity index (χ0) is 20.8. The van der Waals surface area contributed by atoms with Crippen LogP contribution in [0.1, 0.15) is 18.1 Å². The van der Waals surface area contributed by atoms with Gasteiger partial charge < -0.3 is 9.80 Å². The van der Waals surface area contributed by atoms with Gasteiger partial charge in [0.2, 0.25) is 5.91 Å². The highest BCUT2D eigenvalue weighted by Crippen LogP contribution is 2.15. The Bertz CT molecular complexity index is 775. The Balaban J connectivity index is 1.47. The van der Waals surface area contributed by atoms with Crippen LogP contribution in [-0.2, 0) is 17.9 Å². The average molecular weight is 395 g/mol. The maximum Gasteiger partial charge on any atom is 0.236 e. The summed E-state index contributed by atoms with van der Waals surface area (Å²) in [7, 11) is 5.97. The SMILES string of the molecule is C[C@@H]1CN(Cc2ccccc2)CCN1CC(=O)N(C)Cc1ccc(N(C)C)cc1. The number of nitrogens with zero attached hydrogens (tertiary/aromatic N) is 4. The van der Waals surface area contributed by atoms with Gasteiger partial charge in [-0.25, -0.2) is 0 Å². The molecule has 1 saturated heterocycles. The predicted molar refractivity (Wildman–Crippen MR) is 120 cm³/mol. The molecule has 0 radical (unpaired) electrons. The minimum Gasteiger partial charge on any atom is -0.378 e. The lowest BCUT2D eigenvalue weighted by Gasteiger charge is -2.40. The first kappa shape index (κ1) is 21.3. The van der Waals surface area contributed by atoms with Gasteiger partial charge in [0.25, 0.3) is 0 Å². The van der Waals surface area contributed by atoms with Gasteiger partial charge in [0, 0.05) is 65.6 Å². The van der Waals surface area contributed by atoms with E-state index in [9.17, 15) is 4.79 Å². The van der Waals surface area contributed by atoms with Crippen molar-refractivity contribution in [2.24, 2.45) is 0 Å². The Morgan fingerprint density at radius 3 is 2.28 bits per heavy atom. The number of carbonyl (C=O) groups excluding carboxylic acids is 1. The number of likely N-dealkylation sites (N-methyl/N-ethyl adjacent to an activating group) is 1. The normalized spacial score (nSPS) is 17.9. The van der Waals surface area contributed by atoms with Gasteiger partial charge >= 0.3 is 0 Å². The van der Waals surface area contributed by atoms with Crippen molar-refractivity contribution in [3.8, 4) is 0 Å². The van der Waals surface area contributed by atoms with Crippen LogP contribution in [0, 0.1) is 0 Å². The van der Waals surface area contributed by atoms with Crippen molar-refractivity contribution in [1.82, 2.24) is 14.7 Å². The topological polar surface area (TPSA) is 30.0 Å². The zero-order valence-corrected chi connectivity index (χ0v) is 18.2. The summed E-state index contributed by atoms with van der Waals surface area (Å²) in [6, 6.07) is 19.4. The van der Waals surface area contributed by atoms with Gasteiger partial charge in [0.15, 0.2) is 0 Å². The van der Waals surface area contributed by atoms with Crippen LogP contribution in [0.15, 0.2) is 54.6 Å². The third kappa shape index (κ3) is 6.05. The molecular weight excluding hydrogens is 360 g/mol. The molecule has 0 N–H and O–H groups in total. The first-order valence-corrected chi connectivity index (χ1v) is 10.4. The molecule has 0 saturated carbocycles. The number of benzene rings is 2. The molecule has 0 unspecified atom stereocenters. The van der Waals surface area contributed by atoms with Crippen LogP contribution < -0.4 is 4.90 Å². The van der Waals surface area contributed by atoms with Crippen molar-refractivity contribution in [3.63, 3.8) is 0 Å². The van der Waals surface area contributed by atoms with Gasteiger partial charge in [0.05, 0.1) is 6.54 Å². The highest BCUT2D eigenvalue weighted by molar-refractivity contribution is 5.78. The summed E-state index contributed by atoms with van der Waals surface area (Å²) < 4.78 is 0. The van der Waals surface area contributed by atoms with E-state index in [4.69, 9.17) is 0 Å². The molecule has 1 aliphatic heterocycles. The molecule has 5 nitrogen and oxygen atoms in total. The average Bonchev–Trinajstić information content (AvgIpc) is 2.71. The zero-order valence-electron chi connectivity index (χ0n) is 18.2. The van der Waals surface area contributed by atoms with Gasteiger partial charge in [0.1, 0.15) is 0 Å². The van der Waals surface area contributed by atoms with Crippen molar-refractivity contribution in [2.75, 3.05) is 52.2 Å². The molecule has 156 valence electrons. The van der Waals surface area contributed by atoms with Crippen molar-refractivity contribution in [3.05, 3.63) is 65.7 Å². The molecule has 29 heavy (non-hydrogen) atoms. The van der Waals surface area contributed by atoms with Crippen LogP contribution in [0.25, 0.3) is 0 Å². The molecule has 1 aliphatic rings. The first-order valence-electron chi connectivity index (χ1n) is 10.4. The highest BCUT2D eigenvalue weighted by Gasteiger charge is 2.26. The van der Waals surface area contributed by atoms with E-state index in [1.807, 2.05) is 26.0 Å². The molecule has 0 aliphatic carbocycles. The van der Waals surface area contributed by atoms with Crippen LogP contribution >= 0.6 is 0 Å². The molecule has 1 fully saturated rings. The lowest BCUT2D eigenvalue weighted by Crippen LogP contribution is -2.54. The van der Waals surface area contributed by atoms with E-state index >= 15 is 0 Å². The molecule has 2 aromatic carbocycles. The lowest BCUT2D eigenvalue weighted by atomic mass is 10.1. The number of hydrogen-bond donors (Lipinski definition) is 0. The first-order chi connectivity index (χ1) is 13.9. The van der Waals surface area contributed by atoms with Crippen LogP contribution in [0.2, 0.25) is 0 Å². The Morgan fingerprint density at radius 2 is 1.66 bits per heavy atom. The monoisotopic (exact) mass is 394 g/mol. The van der Waals surface area contributed by atoms with Gasteiger partial charge in [-0.2, -0.15) is 0 Å². The predicted octanol–water partition coefficient (Wildman–Crippen LogP) is 2.92. The van der Waals surface area contributed by atoms with E-state index in [-0.39, 0.29) is 5.91 Å². The molecular formula is C24H34N4O. The van der Waals surface area contributed by atoms with E-state index < -0.39 is 0 Å². The molecule has 1 amide bonds. The summed E-state index contributed by atoms with van der Waals surface area (Å²) in [5.41, 5.74) is 3.68. The standard InChI is InChI=1S/C24H34N4O/c1-20-16-27(18-21-8-6-5-7-9-21)14-15-28(20)19-24(29)26(4)17-22-10-12-23(13-11-22)25(2)3/h5-13,20H,14-19H2,1-4H3/t20-/m1/s1. The summed E-state index contributed by atoms with van der Waals surface area (Å²) >= 11 is 0. The molecule has 1 heterocycles. The van der Waals surface area contributed by atoms with Gasteiger partial charge in [-0.05, 0) is 30.2 Å². The second-order valence-electron chi connectivity index (χ2n) is 8.35. The van der Waals surface area contributed by atoms with Crippen molar-refractivity contribution >= 4 is 11.6 Å². The molecule has 3 rings (SSSR count). The van der Waals surface area contributed by atoms with Crippen molar-refractivity contribution in [2.45, 2.75) is 26.1 Å². The fraction of sp³-hybridized carbons (Fsp3) is 0.458. The van der Waals surface area contributed by atoms with Gasteiger partial charge in [-0.1, -0.05) is 42.5 Å². The molecule has 5 heteroatoms. The summed E-state index contributed by atoms with van der Waals surface area (Å²) in [5, 5.41) is 0. The number of anilines is 1. The fourth-order valence-electron chi connectivity index (χ4n) is 3.85. The molecule has 0 aromatic heterocycles. The molecule has 0 spiro atoms. The van der Waals surface area contributed by atoms with E-state index in [0.717, 1.165) is 31.7 Å². The van der Waals surface area contributed by atoms with E-state index in [1.54, 1.807) is 0 Å². The smallest absolute Gasteiger partial charge is 0.236 e. The lowest BCUT2D eigenvalue weighted by molar-refractivity contribution is -0.132. The summed E-state index contributed by atoms with van der Waals surface area (Å²) in [6.45, 7) is 7.28. The highest BCUT2D eigenvalue weighted by atomic mass is 16.2.